The lowest BCUT2D eigenvalue weighted by atomic mass is 9.99. The Morgan fingerprint density at radius 3 is 2.64 bits per heavy atom. The van der Waals surface area contributed by atoms with Crippen LogP contribution in [0.25, 0.3) is 0 Å². The van der Waals surface area contributed by atoms with E-state index in [0.29, 0.717) is 0 Å². The Balaban J connectivity index is 2.96. The maximum atomic E-state index is 10.6. The minimum absolute atomic E-state index is 0.0681. The summed E-state index contributed by atoms with van der Waals surface area (Å²) in [4.78, 5) is 10.6. The van der Waals surface area contributed by atoms with Crippen LogP contribution in [0.5, 0.6) is 0 Å². The predicted octanol–water partition coefficient (Wildman–Crippen LogP) is -0.0828. The maximum absolute atomic E-state index is 10.6. The van der Waals surface area contributed by atoms with Gasteiger partial charge in [-0.1, -0.05) is 0 Å². The van der Waals surface area contributed by atoms with E-state index in [2.05, 4.69) is 0 Å². The zero-order valence-electron chi connectivity index (χ0n) is 7.93. The summed E-state index contributed by atoms with van der Waals surface area (Å²) >= 11 is 0. The van der Waals surface area contributed by atoms with Crippen molar-refractivity contribution in [3.05, 3.63) is 23.8 Å². The van der Waals surface area contributed by atoms with E-state index >= 15 is 0 Å². The number of carboxylic acids is 1. The minimum atomic E-state index is -1.59. The number of rotatable bonds is 3. The van der Waals surface area contributed by atoms with E-state index in [4.69, 9.17) is 14.6 Å². The highest BCUT2D eigenvalue weighted by Gasteiger charge is 2.36. The van der Waals surface area contributed by atoms with Crippen molar-refractivity contribution in [3.63, 3.8) is 0 Å². The number of methoxy groups -OCH3 is 2. The highest BCUT2D eigenvalue weighted by Crippen LogP contribution is 2.24. The van der Waals surface area contributed by atoms with Crippen LogP contribution in [0.2, 0.25) is 0 Å². The van der Waals surface area contributed by atoms with E-state index in [-0.39, 0.29) is 5.57 Å². The molecule has 0 fully saturated rings. The zero-order valence-corrected chi connectivity index (χ0v) is 7.93. The Bertz CT molecular complexity index is 294. The fourth-order valence-electron chi connectivity index (χ4n) is 1.21. The molecule has 0 amide bonds. The minimum Gasteiger partial charge on any atom is -0.478 e. The van der Waals surface area contributed by atoms with Gasteiger partial charge in [-0.25, -0.2) is 4.79 Å². The Morgan fingerprint density at radius 1 is 1.57 bits per heavy atom. The van der Waals surface area contributed by atoms with Crippen molar-refractivity contribution in [2.75, 3.05) is 14.2 Å². The monoisotopic (exact) mass is 200 g/mol. The molecule has 1 rings (SSSR count). The van der Waals surface area contributed by atoms with Crippen LogP contribution in [0.4, 0.5) is 0 Å². The number of aliphatic carboxylic acids is 1. The summed E-state index contributed by atoms with van der Waals surface area (Å²) in [6.45, 7) is 0. The molecule has 1 aliphatic rings. The van der Waals surface area contributed by atoms with Crippen LogP contribution in [0, 0.1) is 0 Å². The van der Waals surface area contributed by atoms with E-state index in [1.807, 2.05) is 0 Å². The van der Waals surface area contributed by atoms with Crippen molar-refractivity contribution in [2.24, 2.45) is 0 Å². The normalized spacial score (nSPS) is 31.4. The number of carboxylic acid groups (broad SMARTS) is 1. The second kappa shape index (κ2) is 3.91. The zero-order chi connectivity index (χ0) is 10.8. The van der Waals surface area contributed by atoms with Gasteiger partial charge in [0.05, 0.1) is 5.57 Å². The topological polar surface area (TPSA) is 76.0 Å². The average Bonchev–Trinajstić information content (AvgIpc) is 2.18. The summed E-state index contributed by atoms with van der Waals surface area (Å²) in [6.07, 6.45) is 3.02. The van der Waals surface area contributed by atoms with Crippen molar-refractivity contribution in [2.45, 2.75) is 11.9 Å². The van der Waals surface area contributed by atoms with E-state index in [9.17, 15) is 9.90 Å². The second-order valence-corrected chi connectivity index (χ2v) is 2.87. The van der Waals surface area contributed by atoms with Gasteiger partial charge in [0.2, 0.25) is 5.79 Å². The van der Waals surface area contributed by atoms with Gasteiger partial charge in [0, 0.05) is 14.2 Å². The van der Waals surface area contributed by atoms with Gasteiger partial charge in [0.1, 0.15) is 6.10 Å². The molecule has 0 aromatic carbocycles. The molecule has 14 heavy (non-hydrogen) atoms. The molecule has 1 aliphatic carbocycles. The van der Waals surface area contributed by atoms with Gasteiger partial charge in [-0.2, -0.15) is 0 Å². The van der Waals surface area contributed by atoms with E-state index in [1.165, 1.54) is 32.4 Å². The van der Waals surface area contributed by atoms with Gasteiger partial charge in [0.25, 0.3) is 0 Å². The van der Waals surface area contributed by atoms with Crippen LogP contribution < -0.4 is 0 Å². The third-order valence-electron chi connectivity index (χ3n) is 2.07. The Kier molecular flexibility index (Phi) is 3.05. The molecule has 0 aromatic heterocycles. The molecule has 2 unspecified atom stereocenters. The first-order valence-electron chi connectivity index (χ1n) is 3.98. The molecular formula is C9H12O5. The van der Waals surface area contributed by atoms with Gasteiger partial charge in [-0.3, -0.25) is 0 Å². The lowest BCUT2D eigenvalue weighted by Crippen LogP contribution is -2.44. The highest BCUT2D eigenvalue weighted by molar-refractivity contribution is 5.90. The average molecular weight is 200 g/mol. The molecule has 0 saturated heterocycles. The van der Waals surface area contributed by atoms with Crippen LogP contribution >= 0.6 is 0 Å². The largest absolute Gasteiger partial charge is 0.478 e. The molecule has 2 atom stereocenters. The molecule has 78 valence electrons. The number of hydrogen-bond donors (Lipinski definition) is 2. The predicted molar refractivity (Wildman–Crippen MR) is 47.6 cm³/mol. The molecule has 0 radical (unpaired) electrons. The molecule has 0 saturated carbocycles. The molecule has 0 bridgehead atoms. The van der Waals surface area contributed by atoms with Gasteiger partial charge in [0.15, 0.2) is 0 Å². The Labute approximate surface area is 81.3 Å². The molecule has 0 heterocycles. The molecule has 5 nitrogen and oxygen atoms in total. The van der Waals surface area contributed by atoms with E-state index < -0.39 is 17.9 Å². The third kappa shape index (κ3) is 1.84. The fraction of sp³-hybridized carbons (Fsp3) is 0.444. The van der Waals surface area contributed by atoms with Gasteiger partial charge >= 0.3 is 5.97 Å². The first-order chi connectivity index (χ1) is 6.53. The van der Waals surface area contributed by atoms with Crippen molar-refractivity contribution in [1.82, 2.24) is 0 Å². The van der Waals surface area contributed by atoms with Crippen LogP contribution in [-0.2, 0) is 14.3 Å². The first kappa shape index (κ1) is 10.9. The van der Waals surface area contributed by atoms with Crippen LogP contribution in [-0.4, -0.2) is 42.3 Å². The van der Waals surface area contributed by atoms with Crippen LogP contribution in [0.1, 0.15) is 0 Å². The lowest BCUT2D eigenvalue weighted by molar-refractivity contribution is -0.203. The standard InChI is InChI=1S/C9H12O5/c1-13-7-5-6(8(10)11)3-4-9(7,12)14-2/h3-5,7,12H,1-2H3,(H,10,11). The smallest absolute Gasteiger partial charge is 0.335 e. The number of ether oxygens (including phenoxy) is 2. The van der Waals surface area contributed by atoms with Crippen molar-refractivity contribution in [3.8, 4) is 0 Å². The van der Waals surface area contributed by atoms with E-state index in [0.717, 1.165) is 0 Å². The number of carbonyl (C=O) groups is 1. The summed E-state index contributed by atoms with van der Waals surface area (Å²) in [6, 6.07) is 0. The molecule has 5 heteroatoms. The second-order valence-electron chi connectivity index (χ2n) is 2.87. The van der Waals surface area contributed by atoms with Crippen molar-refractivity contribution >= 4 is 5.97 Å². The molecule has 0 spiro atoms. The Hall–Kier alpha value is -1.17. The van der Waals surface area contributed by atoms with Gasteiger partial charge < -0.3 is 19.7 Å². The maximum Gasteiger partial charge on any atom is 0.335 e. The first-order valence-corrected chi connectivity index (χ1v) is 3.98. The molecular weight excluding hydrogens is 188 g/mol. The van der Waals surface area contributed by atoms with Crippen LogP contribution in [0.15, 0.2) is 23.8 Å². The van der Waals surface area contributed by atoms with Crippen molar-refractivity contribution in [1.29, 1.82) is 0 Å². The Morgan fingerprint density at radius 2 is 2.21 bits per heavy atom. The number of hydrogen-bond acceptors (Lipinski definition) is 4. The highest BCUT2D eigenvalue weighted by atomic mass is 16.6. The molecule has 0 aromatic rings. The quantitative estimate of drug-likeness (QED) is 0.623. The van der Waals surface area contributed by atoms with Crippen molar-refractivity contribution < 1.29 is 24.5 Å². The third-order valence-corrected chi connectivity index (χ3v) is 2.07. The van der Waals surface area contributed by atoms with E-state index in [1.54, 1.807) is 0 Å². The summed E-state index contributed by atoms with van der Waals surface area (Å²) in [5, 5.41) is 18.5. The van der Waals surface area contributed by atoms with Crippen LogP contribution in [0.3, 0.4) is 0 Å². The fourth-order valence-corrected chi connectivity index (χ4v) is 1.21. The summed E-state index contributed by atoms with van der Waals surface area (Å²) < 4.78 is 9.73. The SMILES string of the molecule is COC1C=C(C(=O)O)C=CC1(O)OC. The summed E-state index contributed by atoms with van der Waals surface area (Å²) in [7, 11) is 2.68. The lowest BCUT2D eigenvalue weighted by Gasteiger charge is -2.31. The molecule has 0 aliphatic heterocycles. The number of aliphatic hydroxyl groups is 1. The summed E-state index contributed by atoms with van der Waals surface area (Å²) in [5.41, 5.74) is 0.0681. The van der Waals surface area contributed by atoms with Gasteiger partial charge in [-0.15, -0.1) is 0 Å². The molecule has 2 N–H and O–H groups in total. The summed E-state index contributed by atoms with van der Waals surface area (Å²) in [5.74, 6) is -2.66. The van der Waals surface area contributed by atoms with Gasteiger partial charge in [-0.05, 0) is 18.2 Å².